The predicted molar refractivity (Wildman–Crippen MR) is 84.7 cm³/mol. The van der Waals surface area contributed by atoms with Crippen molar-refractivity contribution in [1.82, 2.24) is 0 Å². The summed E-state index contributed by atoms with van der Waals surface area (Å²) in [5.41, 5.74) is 0.312. The molecular formula is C15H17ClO6S. The number of hydrogen-bond donors (Lipinski definition) is 0. The van der Waals surface area contributed by atoms with Crippen molar-refractivity contribution in [3.8, 4) is 5.75 Å². The van der Waals surface area contributed by atoms with Gasteiger partial charge in [0.15, 0.2) is 22.2 Å². The van der Waals surface area contributed by atoms with Crippen LogP contribution in [0.5, 0.6) is 5.75 Å². The van der Waals surface area contributed by atoms with Gasteiger partial charge in [-0.15, -0.1) is 0 Å². The number of benzene rings is 1. The maximum absolute atomic E-state index is 12.0. The van der Waals surface area contributed by atoms with E-state index in [1.165, 1.54) is 19.2 Å². The Balaban J connectivity index is 1.84. The summed E-state index contributed by atoms with van der Waals surface area (Å²) in [6.07, 6.45) is 0.468. The molecular weight excluding hydrogens is 344 g/mol. The van der Waals surface area contributed by atoms with Gasteiger partial charge in [-0.05, 0) is 30.5 Å². The van der Waals surface area contributed by atoms with Crippen LogP contribution in [0.3, 0.4) is 0 Å². The standard InChI is InChI=1S/C15H17ClO6S/c1-21-14-3-2-11(7-12(14)16)13(17)8-22-15(18)6-10-4-5-23(19,20)9-10/h2-3,7,10H,4-6,8-9H2,1H3/t10-/m1/s1. The molecule has 1 fully saturated rings. The van der Waals surface area contributed by atoms with E-state index in [2.05, 4.69) is 0 Å². The molecule has 1 aromatic rings. The summed E-state index contributed by atoms with van der Waals surface area (Å²) < 4.78 is 32.6. The number of carbonyl (C=O) groups excluding carboxylic acids is 2. The Bertz CT molecular complexity index is 713. The highest BCUT2D eigenvalue weighted by Gasteiger charge is 2.30. The molecule has 0 N–H and O–H groups in total. The molecule has 0 saturated carbocycles. The molecule has 0 bridgehead atoms. The first-order valence-electron chi connectivity index (χ1n) is 7.03. The zero-order chi connectivity index (χ0) is 17.0. The average molecular weight is 361 g/mol. The fourth-order valence-corrected chi connectivity index (χ4v) is 4.52. The molecule has 2 rings (SSSR count). The molecule has 0 radical (unpaired) electrons. The number of halogens is 1. The van der Waals surface area contributed by atoms with Gasteiger partial charge < -0.3 is 9.47 Å². The Labute approximate surface area is 139 Å². The monoisotopic (exact) mass is 360 g/mol. The lowest BCUT2D eigenvalue weighted by Gasteiger charge is -2.08. The average Bonchev–Trinajstić information content (AvgIpc) is 2.83. The van der Waals surface area contributed by atoms with E-state index in [0.29, 0.717) is 22.8 Å². The molecule has 0 aliphatic carbocycles. The highest BCUT2D eigenvalue weighted by molar-refractivity contribution is 7.91. The van der Waals surface area contributed by atoms with Gasteiger partial charge in [0.05, 0.1) is 23.6 Å². The molecule has 1 aromatic carbocycles. The fraction of sp³-hybridized carbons (Fsp3) is 0.467. The first kappa shape index (κ1) is 17.7. The Morgan fingerprint density at radius 2 is 2.09 bits per heavy atom. The van der Waals surface area contributed by atoms with Crippen LogP contribution in [0.15, 0.2) is 18.2 Å². The second kappa shape index (κ2) is 7.31. The quantitative estimate of drug-likeness (QED) is 0.569. The SMILES string of the molecule is COc1ccc(C(=O)COC(=O)C[C@H]2CCS(=O)(=O)C2)cc1Cl. The highest BCUT2D eigenvalue weighted by atomic mass is 35.5. The topological polar surface area (TPSA) is 86.7 Å². The maximum atomic E-state index is 12.0. The predicted octanol–water partition coefficient (Wildman–Crippen LogP) is 1.90. The fourth-order valence-electron chi connectivity index (χ4n) is 2.40. The van der Waals surface area contributed by atoms with Crippen LogP contribution >= 0.6 is 11.6 Å². The smallest absolute Gasteiger partial charge is 0.306 e. The lowest BCUT2D eigenvalue weighted by Crippen LogP contribution is -2.17. The van der Waals surface area contributed by atoms with Gasteiger partial charge >= 0.3 is 5.97 Å². The first-order chi connectivity index (χ1) is 10.8. The molecule has 1 atom stereocenters. The van der Waals surface area contributed by atoms with E-state index in [-0.39, 0.29) is 29.6 Å². The van der Waals surface area contributed by atoms with Crippen LogP contribution in [0.1, 0.15) is 23.2 Å². The summed E-state index contributed by atoms with van der Waals surface area (Å²) in [4.78, 5) is 23.7. The Hall–Kier alpha value is -1.60. The number of sulfone groups is 1. The normalized spacial score (nSPS) is 19.3. The third-order valence-electron chi connectivity index (χ3n) is 3.62. The first-order valence-corrected chi connectivity index (χ1v) is 9.23. The van der Waals surface area contributed by atoms with Crippen molar-refractivity contribution in [2.24, 2.45) is 5.92 Å². The van der Waals surface area contributed by atoms with E-state index in [4.69, 9.17) is 21.1 Å². The van der Waals surface area contributed by atoms with Crippen molar-refractivity contribution in [2.45, 2.75) is 12.8 Å². The third kappa shape index (κ3) is 4.94. The number of rotatable bonds is 6. The van der Waals surface area contributed by atoms with Crippen molar-refractivity contribution in [3.63, 3.8) is 0 Å². The summed E-state index contributed by atoms with van der Waals surface area (Å²) in [6, 6.07) is 4.53. The number of carbonyl (C=O) groups is 2. The van der Waals surface area contributed by atoms with E-state index in [0.717, 1.165) is 0 Å². The highest BCUT2D eigenvalue weighted by Crippen LogP contribution is 2.25. The van der Waals surface area contributed by atoms with E-state index in [1.807, 2.05) is 0 Å². The van der Waals surface area contributed by atoms with Crippen LogP contribution in [0.25, 0.3) is 0 Å². The lowest BCUT2D eigenvalue weighted by molar-refractivity contribution is -0.143. The Morgan fingerprint density at radius 3 is 2.65 bits per heavy atom. The van der Waals surface area contributed by atoms with Crippen LogP contribution < -0.4 is 4.74 Å². The van der Waals surface area contributed by atoms with Crippen LogP contribution in [0.4, 0.5) is 0 Å². The molecule has 1 heterocycles. The van der Waals surface area contributed by atoms with E-state index in [9.17, 15) is 18.0 Å². The molecule has 0 amide bonds. The molecule has 0 unspecified atom stereocenters. The maximum Gasteiger partial charge on any atom is 0.306 e. The van der Waals surface area contributed by atoms with Gasteiger partial charge in [-0.2, -0.15) is 0 Å². The van der Waals surface area contributed by atoms with Crippen molar-refractivity contribution < 1.29 is 27.5 Å². The van der Waals surface area contributed by atoms with Gasteiger partial charge in [0.1, 0.15) is 5.75 Å². The summed E-state index contributed by atoms with van der Waals surface area (Å²) in [7, 11) is -1.56. The number of hydrogen-bond acceptors (Lipinski definition) is 6. The number of ketones is 1. The summed E-state index contributed by atoms with van der Waals surface area (Å²) in [6.45, 7) is -0.402. The van der Waals surface area contributed by atoms with Crippen LogP contribution in [0.2, 0.25) is 5.02 Å². The number of ether oxygens (including phenoxy) is 2. The zero-order valence-electron chi connectivity index (χ0n) is 12.6. The van der Waals surface area contributed by atoms with Gasteiger partial charge in [-0.1, -0.05) is 11.6 Å². The number of esters is 1. The summed E-state index contributed by atoms with van der Waals surface area (Å²) in [5.74, 6) is -0.624. The second-order valence-corrected chi connectivity index (χ2v) is 8.04. The molecule has 1 saturated heterocycles. The summed E-state index contributed by atoms with van der Waals surface area (Å²) in [5, 5.41) is 0.292. The van der Waals surface area contributed by atoms with E-state index in [1.54, 1.807) is 6.07 Å². The molecule has 23 heavy (non-hydrogen) atoms. The Morgan fingerprint density at radius 1 is 1.35 bits per heavy atom. The van der Waals surface area contributed by atoms with Gasteiger partial charge in [-0.25, -0.2) is 8.42 Å². The van der Waals surface area contributed by atoms with Crippen LogP contribution in [-0.2, 0) is 19.4 Å². The Kier molecular flexibility index (Phi) is 5.64. The minimum absolute atomic E-state index is 0.00410. The van der Waals surface area contributed by atoms with Crippen molar-refractivity contribution in [2.75, 3.05) is 25.2 Å². The molecule has 126 valence electrons. The van der Waals surface area contributed by atoms with Crippen LogP contribution in [-0.4, -0.2) is 45.4 Å². The zero-order valence-corrected chi connectivity index (χ0v) is 14.2. The molecule has 0 spiro atoms. The van der Waals surface area contributed by atoms with Gasteiger partial charge in [0.25, 0.3) is 0 Å². The van der Waals surface area contributed by atoms with Crippen molar-refractivity contribution >= 4 is 33.2 Å². The van der Waals surface area contributed by atoms with Gasteiger partial charge in [0, 0.05) is 12.0 Å². The molecule has 1 aliphatic rings. The van der Waals surface area contributed by atoms with E-state index < -0.39 is 22.4 Å². The third-order valence-corrected chi connectivity index (χ3v) is 5.75. The largest absolute Gasteiger partial charge is 0.495 e. The van der Waals surface area contributed by atoms with Crippen molar-refractivity contribution in [3.05, 3.63) is 28.8 Å². The summed E-state index contributed by atoms with van der Waals surface area (Å²) >= 11 is 5.93. The van der Waals surface area contributed by atoms with Crippen molar-refractivity contribution in [1.29, 1.82) is 0 Å². The molecule has 6 nitrogen and oxygen atoms in total. The number of methoxy groups -OCH3 is 1. The number of Topliss-reactive ketones (excluding diaryl/α,β-unsaturated/α-hetero) is 1. The van der Waals surface area contributed by atoms with Crippen LogP contribution in [0, 0.1) is 5.92 Å². The lowest BCUT2D eigenvalue weighted by atomic mass is 10.1. The molecule has 0 aromatic heterocycles. The second-order valence-electron chi connectivity index (χ2n) is 5.41. The van der Waals surface area contributed by atoms with Gasteiger partial charge in [-0.3, -0.25) is 9.59 Å². The van der Waals surface area contributed by atoms with E-state index >= 15 is 0 Å². The minimum Gasteiger partial charge on any atom is -0.495 e. The minimum atomic E-state index is -3.03. The van der Waals surface area contributed by atoms with Gasteiger partial charge in [0.2, 0.25) is 0 Å². The molecule has 1 aliphatic heterocycles. The molecule has 8 heteroatoms.